The lowest BCUT2D eigenvalue weighted by molar-refractivity contribution is -0.136. The van der Waals surface area contributed by atoms with Crippen LogP contribution in [0.2, 0.25) is 0 Å². The van der Waals surface area contributed by atoms with Gasteiger partial charge in [0.15, 0.2) is 11.5 Å². The zero-order valence-electron chi connectivity index (χ0n) is 18.6. The van der Waals surface area contributed by atoms with Gasteiger partial charge in [0.1, 0.15) is 13.2 Å². The Morgan fingerprint density at radius 3 is 2.56 bits per heavy atom. The normalized spacial score (nSPS) is 22.9. The van der Waals surface area contributed by atoms with E-state index in [1.54, 1.807) is 4.90 Å². The molecule has 2 amide bonds. The van der Waals surface area contributed by atoms with Crippen LogP contribution in [0, 0.1) is 12.8 Å². The quantitative estimate of drug-likeness (QED) is 0.742. The van der Waals surface area contributed by atoms with Crippen molar-refractivity contribution in [2.45, 2.75) is 26.3 Å². The van der Waals surface area contributed by atoms with Gasteiger partial charge in [0.05, 0.1) is 5.92 Å². The summed E-state index contributed by atoms with van der Waals surface area (Å²) in [4.78, 5) is 32.0. The molecule has 2 fully saturated rings. The predicted molar refractivity (Wildman–Crippen MR) is 122 cm³/mol. The number of fused-ring (bicyclic) bond motifs is 1. The van der Waals surface area contributed by atoms with E-state index in [9.17, 15) is 9.59 Å². The number of hydrogen-bond donors (Lipinski definition) is 0. The Balaban J connectivity index is 1.24. The van der Waals surface area contributed by atoms with Gasteiger partial charge in [-0.05, 0) is 43.7 Å². The number of rotatable bonds is 3. The van der Waals surface area contributed by atoms with E-state index in [2.05, 4.69) is 43.0 Å². The Kier molecular flexibility index (Phi) is 5.41. The van der Waals surface area contributed by atoms with Crippen LogP contribution in [0.15, 0.2) is 42.5 Å². The third-order valence-corrected chi connectivity index (χ3v) is 6.58. The monoisotopic (exact) mass is 435 g/mol. The first kappa shape index (κ1) is 20.7. The van der Waals surface area contributed by atoms with Crippen LogP contribution in [0.3, 0.4) is 0 Å². The van der Waals surface area contributed by atoms with Gasteiger partial charge in [-0.3, -0.25) is 9.59 Å². The van der Waals surface area contributed by atoms with Gasteiger partial charge in [0, 0.05) is 56.1 Å². The Bertz CT molecular complexity index is 1040. The molecule has 32 heavy (non-hydrogen) atoms. The van der Waals surface area contributed by atoms with Gasteiger partial charge in [0.2, 0.25) is 11.8 Å². The van der Waals surface area contributed by atoms with Crippen molar-refractivity contribution in [2.24, 2.45) is 5.92 Å². The van der Waals surface area contributed by atoms with Crippen LogP contribution in [-0.4, -0.2) is 62.1 Å². The van der Waals surface area contributed by atoms with Gasteiger partial charge in [-0.15, -0.1) is 0 Å². The second-order valence-electron chi connectivity index (χ2n) is 8.90. The molecule has 7 nitrogen and oxygen atoms in total. The topological polar surface area (TPSA) is 62.3 Å². The van der Waals surface area contributed by atoms with E-state index in [4.69, 9.17) is 9.47 Å². The van der Waals surface area contributed by atoms with Crippen LogP contribution in [0.4, 0.5) is 11.4 Å². The fourth-order valence-corrected chi connectivity index (χ4v) is 4.93. The lowest BCUT2D eigenvalue weighted by atomic mass is 10.0. The summed E-state index contributed by atoms with van der Waals surface area (Å²) in [5.74, 6) is 1.09. The number of nitrogens with zero attached hydrogens (tertiary/aromatic N) is 3. The molecule has 0 unspecified atom stereocenters. The Morgan fingerprint density at radius 1 is 0.969 bits per heavy atom. The Morgan fingerprint density at radius 2 is 1.78 bits per heavy atom. The first-order valence-electron chi connectivity index (χ1n) is 11.3. The summed E-state index contributed by atoms with van der Waals surface area (Å²) in [5.41, 5.74) is 3.19. The number of hydrogen-bond acceptors (Lipinski definition) is 5. The summed E-state index contributed by atoms with van der Waals surface area (Å²) in [6.45, 7) is 7.82. The van der Waals surface area contributed by atoms with Crippen molar-refractivity contribution in [3.05, 3.63) is 48.0 Å². The van der Waals surface area contributed by atoms with Gasteiger partial charge in [-0.25, -0.2) is 0 Å². The maximum absolute atomic E-state index is 13.3. The largest absolute Gasteiger partial charge is 0.486 e. The van der Waals surface area contributed by atoms with E-state index in [1.165, 1.54) is 11.3 Å². The van der Waals surface area contributed by atoms with Gasteiger partial charge >= 0.3 is 0 Å². The number of carbonyl (C=O) groups excluding carboxylic acids is 2. The van der Waals surface area contributed by atoms with Crippen LogP contribution in [-0.2, 0) is 9.59 Å². The van der Waals surface area contributed by atoms with Crippen LogP contribution in [0.1, 0.15) is 18.9 Å². The molecule has 0 aliphatic carbocycles. The van der Waals surface area contributed by atoms with Crippen LogP contribution in [0.5, 0.6) is 11.5 Å². The number of benzene rings is 2. The number of anilines is 2. The summed E-state index contributed by atoms with van der Waals surface area (Å²) in [7, 11) is 0. The second kappa shape index (κ2) is 8.37. The Hall–Kier alpha value is -3.22. The highest BCUT2D eigenvalue weighted by molar-refractivity contribution is 6.00. The zero-order chi connectivity index (χ0) is 22.2. The van der Waals surface area contributed by atoms with Crippen LogP contribution >= 0.6 is 0 Å². The summed E-state index contributed by atoms with van der Waals surface area (Å²) < 4.78 is 11.2. The van der Waals surface area contributed by atoms with Crippen molar-refractivity contribution in [1.29, 1.82) is 0 Å². The highest BCUT2D eigenvalue weighted by Gasteiger charge is 2.39. The molecule has 0 aromatic heterocycles. The third-order valence-electron chi connectivity index (χ3n) is 6.58. The molecule has 2 aromatic rings. The minimum atomic E-state index is -0.312. The van der Waals surface area contributed by atoms with Crippen molar-refractivity contribution in [3.63, 3.8) is 0 Å². The number of carbonyl (C=O) groups is 2. The number of piperazine rings is 1. The molecular weight excluding hydrogens is 406 g/mol. The molecule has 3 heterocycles. The average Bonchev–Trinajstić information content (AvgIpc) is 3.19. The van der Waals surface area contributed by atoms with E-state index in [-0.39, 0.29) is 30.2 Å². The second-order valence-corrected chi connectivity index (χ2v) is 8.90. The lowest BCUT2D eigenvalue weighted by Gasteiger charge is -2.42. The standard InChI is InChI=1S/C25H29N3O4/c1-17-4-3-5-20(12-17)27-9-8-26(15-18(27)2)25(30)19-13-24(29)28(16-19)21-6-7-22-23(14-21)32-11-10-31-22/h3-7,12,14,18-19H,8-11,13,15-16H2,1-2H3/t18-,19-/m0/s1. The lowest BCUT2D eigenvalue weighted by Crippen LogP contribution is -2.55. The van der Waals surface area contributed by atoms with Crippen molar-refractivity contribution >= 4 is 23.2 Å². The maximum atomic E-state index is 13.3. The highest BCUT2D eigenvalue weighted by Crippen LogP contribution is 2.36. The maximum Gasteiger partial charge on any atom is 0.228 e. The SMILES string of the molecule is Cc1cccc(N2CCN(C(=O)[C@H]3CC(=O)N(c4ccc5c(c4)OCCO5)C3)C[C@@H]2C)c1. The van der Waals surface area contributed by atoms with Crippen LogP contribution in [0.25, 0.3) is 0 Å². The average molecular weight is 436 g/mol. The van der Waals surface area contributed by atoms with E-state index in [0.29, 0.717) is 44.3 Å². The van der Waals surface area contributed by atoms with Gasteiger partial charge in [0.25, 0.3) is 0 Å². The predicted octanol–water partition coefficient (Wildman–Crippen LogP) is 2.86. The summed E-state index contributed by atoms with van der Waals surface area (Å²) >= 11 is 0. The minimum absolute atomic E-state index is 0.0218. The molecule has 0 radical (unpaired) electrons. The van der Waals surface area contributed by atoms with Crippen LogP contribution < -0.4 is 19.3 Å². The molecule has 0 bridgehead atoms. The molecule has 2 saturated heterocycles. The molecule has 3 aliphatic rings. The van der Waals surface area contributed by atoms with E-state index >= 15 is 0 Å². The van der Waals surface area contributed by atoms with Gasteiger partial charge in [-0.1, -0.05) is 12.1 Å². The van der Waals surface area contributed by atoms with Crippen molar-refractivity contribution < 1.29 is 19.1 Å². The van der Waals surface area contributed by atoms with E-state index in [0.717, 1.165) is 12.2 Å². The molecule has 2 aromatic carbocycles. The first-order chi connectivity index (χ1) is 15.5. The Labute approximate surface area is 188 Å². The first-order valence-corrected chi connectivity index (χ1v) is 11.3. The fraction of sp³-hybridized carbons (Fsp3) is 0.440. The summed E-state index contributed by atoms with van der Waals surface area (Å²) in [6, 6.07) is 14.2. The fourth-order valence-electron chi connectivity index (χ4n) is 4.93. The molecule has 0 N–H and O–H groups in total. The summed E-state index contributed by atoms with van der Waals surface area (Å²) in [6.07, 6.45) is 0.250. The number of ether oxygens (including phenoxy) is 2. The molecule has 2 atom stereocenters. The van der Waals surface area contributed by atoms with Crippen molar-refractivity contribution in [2.75, 3.05) is 49.2 Å². The van der Waals surface area contributed by atoms with Gasteiger partial charge in [-0.2, -0.15) is 0 Å². The molecule has 5 rings (SSSR count). The van der Waals surface area contributed by atoms with Gasteiger partial charge < -0.3 is 24.2 Å². The third kappa shape index (κ3) is 3.87. The molecule has 168 valence electrons. The minimum Gasteiger partial charge on any atom is -0.486 e. The number of aryl methyl sites for hydroxylation is 1. The molecule has 3 aliphatic heterocycles. The molecule has 0 saturated carbocycles. The summed E-state index contributed by atoms with van der Waals surface area (Å²) in [5, 5.41) is 0. The van der Waals surface area contributed by atoms with Crippen molar-refractivity contribution in [3.8, 4) is 11.5 Å². The number of amides is 2. The zero-order valence-corrected chi connectivity index (χ0v) is 18.6. The van der Waals surface area contributed by atoms with E-state index < -0.39 is 0 Å². The van der Waals surface area contributed by atoms with Crippen molar-refractivity contribution in [1.82, 2.24) is 4.90 Å². The van der Waals surface area contributed by atoms with E-state index in [1.807, 2.05) is 23.1 Å². The smallest absolute Gasteiger partial charge is 0.228 e. The molecular formula is C25H29N3O4. The molecule has 7 heteroatoms. The molecule has 0 spiro atoms. The highest BCUT2D eigenvalue weighted by atomic mass is 16.6.